The van der Waals surface area contributed by atoms with Crippen LogP contribution in [0.2, 0.25) is 0 Å². The molecule has 1 aromatic heterocycles. The molecule has 1 aromatic carbocycles. The maximum atomic E-state index is 16.2. The van der Waals surface area contributed by atoms with E-state index in [9.17, 15) is 24.0 Å². The second-order valence-electron chi connectivity index (χ2n) is 11.2. The number of aromatic nitrogens is 2. The first kappa shape index (κ1) is 25.9. The van der Waals surface area contributed by atoms with Crippen molar-refractivity contribution in [3.63, 3.8) is 0 Å². The highest BCUT2D eigenvalue weighted by Gasteiger charge is 2.58. The molecule has 10 nitrogen and oxygen atoms in total. The number of hydrogen-bond donors (Lipinski definition) is 3. The third-order valence-electron chi connectivity index (χ3n) is 6.11. The molecule has 1 fully saturated rings. The first-order chi connectivity index (χ1) is 18.9. The molecule has 2 aromatic rings. The fourth-order valence-electron chi connectivity index (χ4n) is 3.97. The smallest absolute Gasteiger partial charge is 0.403 e. The summed E-state index contributed by atoms with van der Waals surface area (Å²) < 4.78 is 104. The van der Waals surface area contributed by atoms with Crippen molar-refractivity contribution in [3.8, 4) is 5.75 Å². The van der Waals surface area contributed by atoms with Gasteiger partial charge in [-0.3, -0.25) is 23.4 Å². The van der Waals surface area contributed by atoms with Gasteiger partial charge in [0.05, 0.1) is 22.5 Å². The lowest BCUT2D eigenvalue weighted by Crippen LogP contribution is -2.43. The third kappa shape index (κ3) is 5.48. The molecular weight excluding hydrogens is 564 g/mol. The first-order valence-electron chi connectivity index (χ1n) is 13.2. The summed E-state index contributed by atoms with van der Waals surface area (Å²) in [5.74, 6) is -6.71. The number of H-pyrrole nitrogens is 1. The molecule has 1 saturated heterocycles. The number of benzene rings is 1. The van der Waals surface area contributed by atoms with Gasteiger partial charge in [0.2, 0.25) is 5.82 Å². The lowest BCUT2D eigenvalue weighted by molar-refractivity contribution is -0.205. The summed E-state index contributed by atoms with van der Waals surface area (Å²) in [6.45, 7) is 5.88. The minimum Gasteiger partial charge on any atom is -0.403 e. The van der Waals surface area contributed by atoms with Gasteiger partial charge in [-0.2, -0.15) is 4.39 Å². The Morgan fingerprint density at radius 2 is 1.90 bits per heavy atom. The van der Waals surface area contributed by atoms with E-state index in [0.29, 0.717) is 11.1 Å². The van der Waals surface area contributed by atoms with Gasteiger partial charge in [0, 0.05) is 5.56 Å². The van der Waals surface area contributed by atoms with Crippen LogP contribution in [-0.2, 0) is 35.8 Å². The van der Waals surface area contributed by atoms with E-state index in [1.807, 2.05) is 4.98 Å². The standard InChI is InChI=1S/C24H30F3N2O8PS/c1-22(2,3)12-7-13(23(4,5)6)17-11(15(12)26)9-34-38(33,37-17)35-10-24(27)18(31)16(30)20(36-24)29-8-14(25)19(32)28-21(29)39/h7-8,16,18,20,30-31H,9-10H2,1-6H3,(H,28,32,39)/t16-,18+,20-,24-,38?/m1/s1/i10D2,20D. The van der Waals surface area contributed by atoms with Gasteiger partial charge in [0.25, 0.3) is 11.4 Å². The SMILES string of the molecule is [2H]C([2H])(OP1(=O)OCc2c(F)c(C(C)(C)C)cc(C(C)(C)C)c2O1)[C@@]1(F)O[C@@]([2H])(n2cc(F)c(=O)[nH]c2=S)[C@H](O)[C@@H]1O. The Kier molecular flexibility index (Phi) is 6.50. The minimum absolute atomic E-state index is 0.134. The molecule has 0 spiro atoms. The maximum Gasteiger partial charge on any atom is 0.530 e. The monoisotopic (exact) mass is 597 g/mol. The van der Waals surface area contributed by atoms with Crippen LogP contribution >= 0.6 is 20.0 Å². The summed E-state index contributed by atoms with van der Waals surface area (Å²) in [6, 6.07) is 1.51. The van der Waals surface area contributed by atoms with Gasteiger partial charge in [-0.15, -0.1) is 0 Å². The zero-order valence-corrected chi connectivity index (χ0v) is 23.5. The number of aromatic amines is 1. The van der Waals surface area contributed by atoms with Crippen LogP contribution in [0.3, 0.4) is 0 Å². The van der Waals surface area contributed by atoms with Gasteiger partial charge in [-0.05, 0) is 34.7 Å². The zero-order valence-electron chi connectivity index (χ0n) is 24.8. The molecule has 0 amide bonds. The molecule has 4 rings (SSSR count). The number of phosphoric acid groups is 1. The number of nitrogens with zero attached hydrogens (tertiary/aromatic N) is 1. The first-order valence-corrected chi connectivity index (χ1v) is 13.5. The van der Waals surface area contributed by atoms with Crippen LogP contribution < -0.4 is 10.1 Å². The van der Waals surface area contributed by atoms with Crippen molar-refractivity contribution in [2.75, 3.05) is 6.56 Å². The topological polar surface area (TPSA) is 132 Å². The number of aliphatic hydroxyl groups excluding tert-OH is 2. The molecular formula is C24H30F3N2O8PS. The highest BCUT2D eigenvalue weighted by Crippen LogP contribution is 2.58. The van der Waals surface area contributed by atoms with Crippen molar-refractivity contribution >= 4 is 20.0 Å². The molecule has 0 saturated carbocycles. The molecule has 0 radical (unpaired) electrons. The molecule has 3 heterocycles. The average Bonchev–Trinajstić information content (AvgIpc) is 3.00. The highest BCUT2D eigenvalue weighted by atomic mass is 32.1. The van der Waals surface area contributed by atoms with Gasteiger partial charge in [-0.1, -0.05) is 41.5 Å². The Bertz CT molecular complexity index is 1610. The van der Waals surface area contributed by atoms with Crippen molar-refractivity contribution in [3.05, 3.63) is 55.7 Å². The predicted octanol–water partition coefficient (Wildman–Crippen LogP) is 4.43. The van der Waals surface area contributed by atoms with E-state index in [2.05, 4.69) is 0 Å². The third-order valence-corrected chi connectivity index (χ3v) is 7.58. The van der Waals surface area contributed by atoms with Crippen molar-refractivity contribution in [1.29, 1.82) is 0 Å². The van der Waals surface area contributed by atoms with Crippen LogP contribution in [0.25, 0.3) is 0 Å². The highest BCUT2D eigenvalue weighted by molar-refractivity contribution is 7.71. The van der Waals surface area contributed by atoms with Crippen LogP contribution in [-0.4, -0.2) is 44.4 Å². The molecule has 39 heavy (non-hydrogen) atoms. The van der Waals surface area contributed by atoms with E-state index >= 15 is 8.78 Å². The van der Waals surface area contributed by atoms with E-state index in [1.165, 1.54) is 6.07 Å². The van der Waals surface area contributed by atoms with Crippen LogP contribution in [0.5, 0.6) is 5.75 Å². The Balaban J connectivity index is 1.74. The molecule has 0 bridgehead atoms. The van der Waals surface area contributed by atoms with Gasteiger partial charge in [0.1, 0.15) is 30.3 Å². The quantitative estimate of drug-likeness (QED) is 0.346. The maximum absolute atomic E-state index is 16.2. The fourth-order valence-corrected chi connectivity index (χ4v) is 5.31. The largest absolute Gasteiger partial charge is 0.530 e. The number of alkyl halides is 1. The van der Waals surface area contributed by atoms with E-state index in [-0.39, 0.29) is 22.1 Å². The van der Waals surface area contributed by atoms with Gasteiger partial charge < -0.3 is 19.5 Å². The number of rotatable bonds is 4. The van der Waals surface area contributed by atoms with Crippen molar-refractivity contribution in [2.24, 2.45) is 0 Å². The second kappa shape index (κ2) is 9.79. The Labute approximate surface area is 231 Å². The van der Waals surface area contributed by atoms with Crippen LogP contribution in [0, 0.1) is 16.4 Å². The molecule has 0 aliphatic carbocycles. The molecule has 2 aliphatic heterocycles. The minimum atomic E-state index is -5.17. The fraction of sp³-hybridized carbons (Fsp3) is 0.583. The molecule has 15 heteroatoms. The van der Waals surface area contributed by atoms with Crippen LogP contribution in [0.15, 0.2) is 17.1 Å². The van der Waals surface area contributed by atoms with E-state index in [1.54, 1.807) is 41.5 Å². The van der Waals surface area contributed by atoms with Gasteiger partial charge in [0.15, 0.2) is 11.0 Å². The van der Waals surface area contributed by atoms with E-state index in [0.717, 1.165) is 0 Å². The number of nitrogens with one attached hydrogen (secondary N) is 1. The summed E-state index contributed by atoms with van der Waals surface area (Å²) in [7, 11) is -5.17. The number of halogens is 3. The lowest BCUT2D eigenvalue weighted by atomic mass is 9.78. The summed E-state index contributed by atoms with van der Waals surface area (Å²) in [5.41, 5.74) is -2.18. The number of aliphatic hydroxyl groups is 2. The zero-order chi connectivity index (χ0) is 32.0. The lowest BCUT2D eigenvalue weighted by Gasteiger charge is -2.34. The Morgan fingerprint density at radius 3 is 2.49 bits per heavy atom. The van der Waals surface area contributed by atoms with Crippen molar-refractivity contribution < 1.29 is 50.4 Å². The average molecular weight is 598 g/mol. The molecule has 2 aliphatic rings. The van der Waals surface area contributed by atoms with E-state index in [4.69, 9.17) is 34.6 Å². The van der Waals surface area contributed by atoms with Crippen molar-refractivity contribution in [2.45, 2.75) is 83.2 Å². The van der Waals surface area contributed by atoms with E-state index < -0.39 is 78.1 Å². The number of fused-ring (bicyclic) bond motifs is 1. The molecule has 5 atom stereocenters. The van der Waals surface area contributed by atoms with Crippen LogP contribution in [0.4, 0.5) is 13.2 Å². The second-order valence-corrected chi connectivity index (χ2v) is 13.1. The Hall–Kier alpha value is -2.06. The molecule has 1 unspecified atom stereocenters. The molecule has 216 valence electrons. The summed E-state index contributed by atoms with van der Waals surface area (Å²) in [6.07, 6.45) is -8.56. The summed E-state index contributed by atoms with van der Waals surface area (Å²) in [5, 5.41) is 21.0. The molecule has 3 N–H and O–H groups in total. The van der Waals surface area contributed by atoms with Crippen molar-refractivity contribution in [1.82, 2.24) is 9.55 Å². The Morgan fingerprint density at radius 1 is 1.28 bits per heavy atom. The number of hydrogen-bond acceptors (Lipinski definition) is 9. The summed E-state index contributed by atoms with van der Waals surface area (Å²) in [4.78, 5) is 13.3. The predicted molar refractivity (Wildman–Crippen MR) is 135 cm³/mol. The van der Waals surface area contributed by atoms with Gasteiger partial charge >= 0.3 is 7.82 Å². The normalized spacial score (nSPS) is 32.6. The number of phosphoric ester groups is 1. The summed E-state index contributed by atoms with van der Waals surface area (Å²) >= 11 is 4.82. The number of ether oxygens (including phenoxy) is 1. The van der Waals surface area contributed by atoms with Gasteiger partial charge in [-0.25, -0.2) is 13.3 Å². The van der Waals surface area contributed by atoms with Crippen LogP contribution in [0.1, 0.15) is 68.5 Å².